The van der Waals surface area contributed by atoms with Gasteiger partial charge in [0, 0.05) is 35.7 Å². The van der Waals surface area contributed by atoms with Gasteiger partial charge in [0.1, 0.15) is 5.75 Å². The van der Waals surface area contributed by atoms with Crippen molar-refractivity contribution in [2.24, 2.45) is 0 Å². The molecule has 0 fully saturated rings. The van der Waals surface area contributed by atoms with Gasteiger partial charge in [-0.1, -0.05) is 59.1 Å². The van der Waals surface area contributed by atoms with E-state index in [4.69, 9.17) is 40.2 Å². The lowest BCUT2D eigenvalue weighted by atomic mass is 10.1. The highest BCUT2D eigenvalue weighted by molar-refractivity contribution is 7.80. The fourth-order valence-corrected chi connectivity index (χ4v) is 4.92. The number of hydrogen-bond acceptors (Lipinski definition) is 2. The smallest absolute Gasteiger partial charge is 0.173 e. The monoisotopic (exact) mass is 551 g/mol. The molecule has 0 aliphatic carbocycles. The van der Waals surface area contributed by atoms with E-state index in [1.54, 1.807) is 7.11 Å². The molecule has 0 spiro atoms. The molecule has 0 aliphatic rings. The summed E-state index contributed by atoms with van der Waals surface area (Å²) >= 11 is 18.3. The van der Waals surface area contributed by atoms with Gasteiger partial charge in [-0.25, -0.2) is 0 Å². The number of halogens is 2. The number of methoxy groups -OCH3 is 1. The Balaban J connectivity index is 1.54. The summed E-state index contributed by atoms with van der Waals surface area (Å²) in [5.41, 5.74) is 7.09. The molecule has 37 heavy (non-hydrogen) atoms. The number of ether oxygens (including phenoxy) is 1. The lowest BCUT2D eigenvalue weighted by Gasteiger charge is -2.27. The SMILES string of the molecule is COc1ccc(NC(=S)N(CCc2ccc(Cl)cc2)Cc2cccn2Cc2ccc(C)cc2C)cc1Cl. The van der Waals surface area contributed by atoms with Crippen molar-refractivity contribution in [1.82, 2.24) is 9.47 Å². The van der Waals surface area contributed by atoms with Crippen LogP contribution in [0.5, 0.6) is 5.75 Å². The van der Waals surface area contributed by atoms with E-state index in [0.29, 0.717) is 22.4 Å². The first-order valence-electron chi connectivity index (χ1n) is 12.2. The van der Waals surface area contributed by atoms with Crippen molar-refractivity contribution >= 4 is 46.2 Å². The topological polar surface area (TPSA) is 29.4 Å². The normalized spacial score (nSPS) is 10.8. The predicted octanol–water partition coefficient (Wildman–Crippen LogP) is 7.91. The van der Waals surface area contributed by atoms with Crippen LogP contribution in [-0.2, 0) is 19.5 Å². The fraction of sp³-hybridized carbons (Fsp3) is 0.233. The van der Waals surface area contributed by atoms with Crippen molar-refractivity contribution < 1.29 is 4.74 Å². The van der Waals surface area contributed by atoms with E-state index >= 15 is 0 Å². The molecule has 4 nitrogen and oxygen atoms in total. The molecule has 1 heterocycles. The van der Waals surface area contributed by atoms with Gasteiger partial charge in [-0.15, -0.1) is 0 Å². The van der Waals surface area contributed by atoms with Crippen LogP contribution in [0.1, 0.15) is 27.9 Å². The Bertz CT molecular complexity index is 1370. The Morgan fingerprint density at radius 1 is 1.00 bits per heavy atom. The van der Waals surface area contributed by atoms with Crippen LogP contribution < -0.4 is 10.1 Å². The molecule has 0 atom stereocenters. The minimum absolute atomic E-state index is 0.533. The minimum Gasteiger partial charge on any atom is -0.495 e. The number of benzene rings is 3. The van der Waals surface area contributed by atoms with Crippen molar-refractivity contribution in [3.05, 3.63) is 117 Å². The summed E-state index contributed by atoms with van der Waals surface area (Å²) in [7, 11) is 1.60. The van der Waals surface area contributed by atoms with Crippen molar-refractivity contribution in [3.8, 4) is 5.75 Å². The molecule has 1 aromatic heterocycles. The Kier molecular flexibility index (Phi) is 9.14. The fourth-order valence-electron chi connectivity index (χ4n) is 4.26. The Hall–Kier alpha value is -2.99. The second kappa shape index (κ2) is 12.5. The molecule has 0 saturated heterocycles. The quantitative estimate of drug-likeness (QED) is 0.214. The van der Waals surface area contributed by atoms with Crippen molar-refractivity contribution in [3.63, 3.8) is 0 Å². The first-order valence-corrected chi connectivity index (χ1v) is 13.3. The largest absolute Gasteiger partial charge is 0.495 e. The molecule has 192 valence electrons. The third-order valence-electron chi connectivity index (χ3n) is 6.39. The van der Waals surface area contributed by atoms with Crippen LogP contribution in [0, 0.1) is 13.8 Å². The van der Waals surface area contributed by atoms with Crippen LogP contribution in [0.4, 0.5) is 5.69 Å². The zero-order valence-corrected chi connectivity index (χ0v) is 23.6. The second-order valence-electron chi connectivity index (χ2n) is 9.13. The first kappa shape index (κ1) is 27.1. The van der Waals surface area contributed by atoms with Crippen LogP contribution in [0.3, 0.4) is 0 Å². The molecule has 0 unspecified atom stereocenters. The van der Waals surface area contributed by atoms with Crippen LogP contribution in [0.15, 0.2) is 79.0 Å². The van der Waals surface area contributed by atoms with Gasteiger partial charge in [-0.2, -0.15) is 0 Å². The van der Waals surface area contributed by atoms with E-state index in [0.717, 1.165) is 30.2 Å². The van der Waals surface area contributed by atoms with Gasteiger partial charge < -0.3 is 19.5 Å². The van der Waals surface area contributed by atoms with E-state index < -0.39 is 0 Å². The van der Waals surface area contributed by atoms with E-state index in [9.17, 15) is 0 Å². The third kappa shape index (κ3) is 7.29. The summed E-state index contributed by atoms with van der Waals surface area (Å²) in [6.07, 6.45) is 2.96. The van der Waals surface area contributed by atoms with E-state index in [-0.39, 0.29) is 0 Å². The highest BCUT2D eigenvalue weighted by atomic mass is 35.5. The Morgan fingerprint density at radius 2 is 1.78 bits per heavy atom. The lowest BCUT2D eigenvalue weighted by molar-refractivity contribution is 0.409. The molecule has 4 rings (SSSR count). The van der Waals surface area contributed by atoms with Gasteiger partial charge in [-0.3, -0.25) is 0 Å². The number of aromatic nitrogens is 1. The number of hydrogen-bond donors (Lipinski definition) is 1. The van der Waals surface area contributed by atoms with Gasteiger partial charge in [-0.05, 0) is 91.6 Å². The molecule has 0 amide bonds. The zero-order valence-electron chi connectivity index (χ0n) is 21.3. The second-order valence-corrected chi connectivity index (χ2v) is 10.4. The van der Waals surface area contributed by atoms with E-state index in [1.165, 1.54) is 27.9 Å². The molecule has 0 radical (unpaired) electrons. The van der Waals surface area contributed by atoms with Crippen molar-refractivity contribution in [2.45, 2.75) is 33.4 Å². The highest BCUT2D eigenvalue weighted by Gasteiger charge is 2.15. The molecule has 0 aliphatic heterocycles. The number of thiocarbonyl (C=S) groups is 1. The van der Waals surface area contributed by atoms with Crippen LogP contribution >= 0.6 is 35.4 Å². The molecule has 3 aromatic carbocycles. The third-order valence-corrected chi connectivity index (χ3v) is 7.30. The van der Waals surface area contributed by atoms with Gasteiger partial charge in [0.05, 0.1) is 18.7 Å². The first-order chi connectivity index (χ1) is 17.8. The molecule has 4 aromatic rings. The maximum atomic E-state index is 6.35. The van der Waals surface area contributed by atoms with Gasteiger partial charge >= 0.3 is 0 Å². The van der Waals surface area contributed by atoms with Gasteiger partial charge in [0.2, 0.25) is 0 Å². The number of nitrogens with zero attached hydrogens (tertiary/aromatic N) is 2. The summed E-state index contributed by atoms with van der Waals surface area (Å²) < 4.78 is 7.57. The van der Waals surface area contributed by atoms with Gasteiger partial charge in [0.25, 0.3) is 0 Å². The summed E-state index contributed by atoms with van der Waals surface area (Å²) in [4.78, 5) is 2.19. The predicted molar refractivity (Wildman–Crippen MR) is 159 cm³/mol. The summed E-state index contributed by atoms with van der Waals surface area (Å²) in [5, 5.41) is 5.26. The molecular weight excluding hydrogens is 521 g/mol. The van der Waals surface area contributed by atoms with Crippen LogP contribution in [-0.4, -0.2) is 28.2 Å². The number of aryl methyl sites for hydroxylation is 2. The zero-order chi connectivity index (χ0) is 26.4. The Morgan fingerprint density at radius 3 is 2.49 bits per heavy atom. The Labute approximate surface area is 234 Å². The van der Waals surface area contributed by atoms with E-state index in [1.807, 2.05) is 30.3 Å². The average Bonchev–Trinajstić information content (AvgIpc) is 3.31. The van der Waals surface area contributed by atoms with Crippen molar-refractivity contribution in [1.29, 1.82) is 0 Å². The number of anilines is 1. The van der Waals surface area contributed by atoms with E-state index in [2.05, 4.69) is 77.3 Å². The highest BCUT2D eigenvalue weighted by Crippen LogP contribution is 2.27. The number of rotatable bonds is 9. The maximum absolute atomic E-state index is 6.35. The van der Waals surface area contributed by atoms with Crippen LogP contribution in [0.2, 0.25) is 10.0 Å². The summed E-state index contributed by atoms with van der Waals surface area (Å²) in [6, 6.07) is 24.4. The molecular formula is C30H31Cl2N3OS. The van der Waals surface area contributed by atoms with Crippen molar-refractivity contribution in [2.75, 3.05) is 19.0 Å². The van der Waals surface area contributed by atoms with Gasteiger partial charge in [0.15, 0.2) is 5.11 Å². The van der Waals surface area contributed by atoms with Crippen LogP contribution in [0.25, 0.3) is 0 Å². The average molecular weight is 553 g/mol. The molecule has 0 saturated carbocycles. The molecule has 7 heteroatoms. The summed E-state index contributed by atoms with van der Waals surface area (Å²) in [6.45, 7) is 6.52. The molecule has 0 bridgehead atoms. The standard InChI is InChI=1S/C30H31Cl2N3OS/c1-21-6-9-24(22(2)17-21)19-34-15-4-5-27(34)20-35(16-14-23-7-10-25(31)11-8-23)30(37)33-26-12-13-29(36-3)28(32)18-26/h4-13,15,17-18H,14,16,19-20H2,1-3H3,(H,33,37). The molecule has 1 N–H and O–H groups in total. The lowest BCUT2D eigenvalue weighted by Crippen LogP contribution is -2.36. The summed E-state index contributed by atoms with van der Waals surface area (Å²) in [5.74, 6) is 0.627. The minimum atomic E-state index is 0.533. The maximum Gasteiger partial charge on any atom is 0.173 e. The number of nitrogens with one attached hydrogen (secondary N) is 1.